The van der Waals surface area contributed by atoms with Crippen molar-refractivity contribution in [3.05, 3.63) is 35.1 Å². The number of nitrogens with zero attached hydrogens (tertiary/aromatic N) is 1. The summed E-state index contributed by atoms with van der Waals surface area (Å²) >= 11 is 0. The van der Waals surface area contributed by atoms with Gasteiger partial charge in [-0.1, -0.05) is 6.92 Å². The smallest absolute Gasteiger partial charge is 0.315 e. The van der Waals surface area contributed by atoms with E-state index in [1.807, 2.05) is 6.07 Å². The van der Waals surface area contributed by atoms with Crippen LogP contribution in [-0.4, -0.2) is 23.8 Å². The van der Waals surface area contributed by atoms with Crippen LogP contribution in [0.1, 0.15) is 25.0 Å². The van der Waals surface area contributed by atoms with Gasteiger partial charge in [-0.05, 0) is 31.0 Å². The molecule has 0 aliphatic carbocycles. The van der Waals surface area contributed by atoms with Gasteiger partial charge in [-0.25, -0.2) is 9.18 Å². The van der Waals surface area contributed by atoms with Gasteiger partial charge in [0.2, 0.25) is 0 Å². The molecule has 0 heterocycles. The number of halogens is 1. The Labute approximate surface area is 117 Å². The van der Waals surface area contributed by atoms with Crippen molar-refractivity contribution in [1.29, 1.82) is 5.26 Å². The highest BCUT2D eigenvalue weighted by molar-refractivity contribution is 5.74. The summed E-state index contributed by atoms with van der Waals surface area (Å²) in [6.07, 6.45) is 0. The number of carbonyl (C=O) groups excluding carboxylic acids is 1. The minimum atomic E-state index is -0.471. The fourth-order valence-electron chi connectivity index (χ4n) is 1.51. The average molecular weight is 279 g/mol. The normalized spacial score (nSPS) is 13.2. The van der Waals surface area contributed by atoms with Crippen LogP contribution in [0.25, 0.3) is 0 Å². The fourth-order valence-corrected chi connectivity index (χ4v) is 1.51. The van der Waals surface area contributed by atoms with Gasteiger partial charge in [0.15, 0.2) is 0 Å². The maximum atomic E-state index is 13.5. The van der Waals surface area contributed by atoms with E-state index in [2.05, 4.69) is 10.6 Å². The quantitative estimate of drug-likeness (QED) is 0.763. The van der Waals surface area contributed by atoms with Gasteiger partial charge in [0.25, 0.3) is 0 Å². The van der Waals surface area contributed by atoms with E-state index in [4.69, 9.17) is 10.4 Å². The molecule has 20 heavy (non-hydrogen) atoms. The topological polar surface area (TPSA) is 85.2 Å². The highest BCUT2D eigenvalue weighted by Crippen LogP contribution is 2.09. The Kier molecular flexibility index (Phi) is 5.94. The third kappa shape index (κ3) is 4.52. The average Bonchev–Trinajstić information content (AvgIpc) is 2.45. The summed E-state index contributed by atoms with van der Waals surface area (Å²) in [5, 5.41) is 22.9. The van der Waals surface area contributed by atoms with Crippen LogP contribution < -0.4 is 10.6 Å². The summed E-state index contributed by atoms with van der Waals surface area (Å²) in [5.74, 6) is -0.541. The number of hydrogen-bond acceptors (Lipinski definition) is 3. The van der Waals surface area contributed by atoms with Crippen molar-refractivity contribution in [3.63, 3.8) is 0 Å². The molecule has 5 nitrogen and oxygen atoms in total. The number of amides is 2. The number of hydrogen-bond donors (Lipinski definition) is 3. The van der Waals surface area contributed by atoms with E-state index in [9.17, 15) is 9.18 Å². The van der Waals surface area contributed by atoms with Crippen molar-refractivity contribution < 1.29 is 14.3 Å². The molecule has 2 unspecified atom stereocenters. The Morgan fingerprint density at radius 2 is 2.20 bits per heavy atom. The molecule has 1 aromatic rings. The summed E-state index contributed by atoms with van der Waals surface area (Å²) in [5.41, 5.74) is 0.591. The zero-order valence-corrected chi connectivity index (χ0v) is 11.5. The van der Waals surface area contributed by atoms with Crippen LogP contribution in [0.5, 0.6) is 0 Å². The van der Waals surface area contributed by atoms with Crippen LogP contribution in [0.3, 0.4) is 0 Å². The molecule has 0 saturated carbocycles. The Balaban J connectivity index is 2.55. The molecular formula is C14H18FN3O2. The lowest BCUT2D eigenvalue weighted by atomic mass is 10.1. The first kappa shape index (κ1) is 15.9. The predicted octanol–water partition coefficient (Wildman–Crippen LogP) is 1.51. The number of benzene rings is 1. The van der Waals surface area contributed by atoms with Crippen molar-refractivity contribution in [3.8, 4) is 6.07 Å². The maximum Gasteiger partial charge on any atom is 0.315 e. The summed E-state index contributed by atoms with van der Waals surface area (Å²) in [6, 6.07) is 5.25. The fraction of sp³-hybridized carbons (Fsp3) is 0.429. The first-order chi connectivity index (χ1) is 9.47. The number of nitriles is 1. The van der Waals surface area contributed by atoms with Crippen molar-refractivity contribution in [2.24, 2.45) is 5.92 Å². The molecular weight excluding hydrogens is 261 g/mol. The maximum absolute atomic E-state index is 13.5. The van der Waals surface area contributed by atoms with E-state index < -0.39 is 11.8 Å². The van der Waals surface area contributed by atoms with E-state index in [0.717, 1.165) is 0 Å². The second-order valence-electron chi connectivity index (χ2n) is 4.69. The van der Waals surface area contributed by atoms with Crippen LogP contribution in [0, 0.1) is 23.1 Å². The van der Waals surface area contributed by atoms with Crippen molar-refractivity contribution in [2.45, 2.75) is 26.4 Å². The zero-order valence-electron chi connectivity index (χ0n) is 11.5. The molecule has 108 valence electrons. The molecule has 0 fully saturated rings. The molecule has 0 saturated heterocycles. The number of carbonyl (C=O) groups is 1. The van der Waals surface area contributed by atoms with Gasteiger partial charge < -0.3 is 15.7 Å². The van der Waals surface area contributed by atoms with E-state index in [0.29, 0.717) is 5.56 Å². The van der Waals surface area contributed by atoms with E-state index in [1.54, 1.807) is 13.8 Å². The molecule has 2 atom stereocenters. The number of nitrogens with one attached hydrogen (secondary N) is 2. The SMILES string of the molecule is CC(CO)C(C)NC(=O)NCc1cc(C#N)ccc1F. The summed E-state index contributed by atoms with van der Waals surface area (Å²) in [6.45, 7) is 3.55. The summed E-state index contributed by atoms with van der Waals surface area (Å²) in [7, 11) is 0. The largest absolute Gasteiger partial charge is 0.396 e. The zero-order chi connectivity index (χ0) is 15.1. The van der Waals surface area contributed by atoms with Gasteiger partial charge in [-0.3, -0.25) is 0 Å². The van der Waals surface area contributed by atoms with Crippen molar-refractivity contribution >= 4 is 6.03 Å². The molecule has 1 rings (SSSR count). The molecule has 0 bridgehead atoms. The lowest BCUT2D eigenvalue weighted by Crippen LogP contribution is -2.44. The third-order valence-corrected chi connectivity index (χ3v) is 3.11. The highest BCUT2D eigenvalue weighted by atomic mass is 19.1. The summed E-state index contributed by atoms with van der Waals surface area (Å²) < 4.78 is 13.5. The second-order valence-corrected chi connectivity index (χ2v) is 4.69. The van der Waals surface area contributed by atoms with E-state index in [1.165, 1.54) is 18.2 Å². The lowest BCUT2D eigenvalue weighted by Gasteiger charge is -2.19. The minimum Gasteiger partial charge on any atom is -0.396 e. The minimum absolute atomic E-state index is 0.00654. The van der Waals surface area contributed by atoms with Gasteiger partial charge in [0, 0.05) is 24.8 Å². The first-order valence-corrected chi connectivity index (χ1v) is 6.31. The van der Waals surface area contributed by atoms with Gasteiger partial charge in [-0.15, -0.1) is 0 Å². The molecule has 3 N–H and O–H groups in total. The molecule has 0 radical (unpaired) electrons. The molecule has 0 aliphatic heterocycles. The molecule has 0 aliphatic rings. The number of aliphatic hydroxyl groups is 1. The second kappa shape index (κ2) is 7.46. The number of rotatable bonds is 5. The molecule has 0 spiro atoms. The van der Waals surface area contributed by atoms with Crippen molar-refractivity contribution in [1.82, 2.24) is 10.6 Å². The van der Waals surface area contributed by atoms with Crippen LogP contribution in [0.2, 0.25) is 0 Å². The van der Waals surface area contributed by atoms with E-state index >= 15 is 0 Å². The Morgan fingerprint density at radius 1 is 1.50 bits per heavy atom. The predicted molar refractivity (Wildman–Crippen MR) is 72.2 cm³/mol. The monoisotopic (exact) mass is 279 g/mol. The van der Waals surface area contributed by atoms with Crippen LogP contribution in [-0.2, 0) is 6.54 Å². The first-order valence-electron chi connectivity index (χ1n) is 6.31. The van der Waals surface area contributed by atoms with E-state index in [-0.39, 0.29) is 30.7 Å². The third-order valence-electron chi connectivity index (χ3n) is 3.11. The van der Waals surface area contributed by atoms with Gasteiger partial charge in [0.1, 0.15) is 5.82 Å². The van der Waals surface area contributed by atoms with Crippen LogP contribution >= 0.6 is 0 Å². The lowest BCUT2D eigenvalue weighted by molar-refractivity contribution is 0.200. The molecule has 1 aromatic carbocycles. The van der Waals surface area contributed by atoms with Gasteiger partial charge in [0.05, 0.1) is 11.6 Å². The van der Waals surface area contributed by atoms with Crippen molar-refractivity contribution in [2.75, 3.05) is 6.61 Å². The van der Waals surface area contributed by atoms with Crippen LogP contribution in [0.4, 0.5) is 9.18 Å². The molecule has 2 amide bonds. The number of urea groups is 1. The molecule has 6 heteroatoms. The van der Waals surface area contributed by atoms with Gasteiger partial charge in [-0.2, -0.15) is 5.26 Å². The highest BCUT2D eigenvalue weighted by Gasteiger charge is 2.14. The van der Waals surface area contributed by atoms with Gasteiger partial charge >= 0.3 is 6.03 Å². The van der Waals surface area contributed by atoms with Crippen LogP contribution in [0.15, 0.2) is 18.2 Å². The Morgan fingerprint density at radius 3 is 2.80 bits per heavy atom. The Bertz CT molecular complexity index is 514. The summed E-state index contributed by atoms with van der Waals surface area (Å²) in [4.78, 5) is 11.6. The molecule has 0 aromatic heterocycles. The number of aliphatic hydroxyl groups excluding tert-OH is 1. The Hall–Kier alpha value is -2.13. The standard InChI is InChI=1S/C14H18FN3O2/c1-9(8-19)10(2)18-14(20)17-7-12-5-11(6-16)3-4-13(12)15/h3-5,9-10,19H,7-8H2,1-2H3,(H2,17,18,20).